The van der Waals surface area contributed by atoms with E-state index >= 15 is 0 Å². The fourth-order valence-corrected chi connectivity index (χ4v) is 3.98. The van der Waals surface area contributed by atoms with E-state index in [9.17, 15) is 4.79 Å². The summed E-state index contributed by atoms with van der Waals surface area (Å²) >= 11 is 0.226. The van der Waals surface area contributed by atoms with E-state index in [2.05, 4.69) is 32.0 Å². The molecule has 92 valence electrons. The summed E-state index contributed by atoms with van der Waals surface area (Å²) in [7, 11) is 0. The number of carbonyl (C=O) groups is 1. The predicted molar refractivity (Wildman–Crippen MR) is 76.9 cm³/mol. The van der Waals surface area contributed by atoms with Gasteiger partial charge in [-0.1, -0.05) is 0 Å². The van der Waals surface area contributed by atoms with Gasteiger partial charge in [-0.3, -0.25) is 0 Å². The van der Waals surface area contributed by atoms with E-state index in [0.717, 1.165) is 5.56 Å². The van der Waals surface area contributed by atoms with Crippen molar-refractivity contribution in [2.45, 2.75) is 19.2 Å². The Kier molecular flexibility index (Phi) is 4.35. The Morgan fingerprint density at radius 1 is 1.00 bits per heavy atom. The average molecular weight is 303 g/mol. The fraction of sp³-hybridized carbons (Fsp3) is 0.188. The topological polar surface area (TPSA) is 17.1 Å². The van der Waals surface area contributed by atoms with Crippen LogP contribution in [0.15, 0.2) is 48.5 Å². The van der Waals surface area contributed by atoms with Gasteiger partial charge in [0.05, 0.1) is 0 Å². The van der Waals surface area contributed by atoms with Gasteiger partial charge in [-0.15, -0.1) is 0 Å². The maximum absolute atomic E-state index is 12.0. The van der Waals surface area contributed by atoms with Crippen molar-refractivity contribution >= 4 is 25.2 Å². The number of carbonyl (C=O) groups excluding carboxylic acids is 1. The number of hydrogen-bond donors (Lipinski definition) is 0. The molecule has 0 aliphatic carbocycles. The van der Waals surface area contributed by atoms with Gasteiger partial charge in [0.2, 0.25) is 0 Å². The van der Waals surface area contributed by atoms with E-state index in [0.29, 0.717) is 5.32 Å². The third kappa shape index (κ3) is 3.56. The Hall–Kier alpha value is -1.37. The van der Waals surface area contributed by atoms with Gasteiger partial charge in [0, 0.05) is 0 Å². The molecule has 2 aromatic carbocycles. The minimum atomic E-state index is 0.226. The standard InChI is InChI=1S/C16H16OSe/c1-12-8-13(2)10-15(9-12)18-11-16(17)14-6-4-3-5-7-14/h3-10H,11H2,1-2H3. The molecule has 0 saturated carbocycles. The molecule has 1 nitrogen and oxygen atoms in total. The van der Waals surface area contributed by atoms with Crippen LogP contribution in [0.4, 0.5) is 0 Å². The molecular weight excluding hydrogens is 287 g/mol. The summed E-state index contributed by atoms with van der Waals surface area (Å²) in [4.78, 5) is 12.0. The van der Waals surface area contributed by atoms with E-state index in [1.54, 1.807) is 0 Å². The van der Waals surface area contributed by atoms with Crippen LogP contribution in [-0.4, -0.2) is 20.7 Å². The summed E-state index contributed by atoms with van der Waals surface area (Å²) < 4.78 is 1.31. The van der Waals surface area contributed by atoms with Crippen LogP contribution in [0.1, 0.15) is 21.5 Å². The summed E-state index contributed by atoms with van der Waals surface area (Å²) in [6.45, 7) is 4.21. The molecule has 0 saturated heterocycles. The van der Waals surface area contributed by atoms with Crippen LogP contribution in [0.25, 0.3) is 0 Å². The maximum atomic E-state index is 12.0. The fourth-order valence-electron chi connectivity index (χ4n) is 1.87. The Bertz CT molecular complexity index is 526. The number of rotatable bonds is 4. The van der Waals surface area contributed by atoms with Gasteiger partial charge in [0.15, 0.2) is 0 Å². The number of benzene rings is 2. The van der Waals surface area contributed by atoms with Gasteiger partial charge in [-0.05, 0) is 0 Å². The van der Waals surface area contributed by atoms with Crippen molar-refractivity contribution in [2.24, 2.45) is 0 Å². The summed E-state index contributed by atoms with van der Waals surface area (Å²) in [6.07, 6.45) is 0. The first-order valence-corrected chi connectivity index (χ1v) is 8.01. The van der Waals surface area contributed by atoms with Crippen molar-refractivity contribution in [3.63, 3.8) is 0 Å². The Balaban J connectivity index is 2.02. The molecule has 0 aromatic heterocycles. The molecule has 0 aliphatic rings. The van der Waals surface area contributed by atoms with Gasteiger partial charge in [0.25, 0.3) is 0 Å². The van der Waals surface area contributed by atoms with E-state index in [1.165, 1.54) is 15.6 Å². The van der Waals surface area contributed by atoms with Crippen molar-refractivity contribution < 1.29 is 4.79 Å². The summed E-state index contributed by atoms with van der Waals surface area (Å²) in [5.41, 5.74) is 3.38. The quantitative estimate of drug-likeness (QED) is 0.627. The predicted octanol–water partition coefficient (Wildman–Crippen LogP) is 2.93. The molecule has 2 heteroatoms. The second-order valence-electron chi connectivity index (χ2n) is 4.40. The Morgan fingerprint density at radius 3 is 2.22 bits per heavy atom. The van der Waals surface area contributed by atoms with Crippen molar-refractivity contribution in [1.29, 1.82) is 0 Å². The molecule has 0 radical (unpaired) electrons. The summed E-state index contributed by atoms with van der Waals surface area (Å²) in [5, 5.41) is 0.639. The molecule has 0 bridgehead atoms. The Morgan fingerprint density at radius 2 is 1.61 bits per heavy atom. The molecule has 0 aliphatic heterocycles. The number of aryl methyl sites for hydroxylation is 2. The van der Waals surface area contributed by atoms with E-state index in [1.807, 2.05) is 30.3 Å². The van der Waals surface area contributed by atoms with Crippen LogP contribution in [0.3, 0.4) is 0 Å². The SMILES string of the molecule is Cc1cc(C)cc([Se]CC(=O)c2ccccc2)c1. The van der Waals surface area contributed by atoms with Gasteiger partial charge in [-0.25, -0.2) is 0 Å². The monoisotopic (exact) mass is 304 g/mol. The van der Waals surface area contributed by atoms with Crippen LogP contribution < -0.4 is 4.46 Å². The second-order valence-corrected chi connectivity index (χ2v) is 6.60. The molecule has 0 heterocycles. The summed E-state index contributed by atoms with van der Waals surface area (Å²) in [5.74, 6) is 0.245. The first-order chi connectivity index (χ1) is 8.65. The van der Waals surface area contributed by atoms with Gasteiger partial charge in [0.1, 0.15) is 0 Å². The number of hydrogen-bond acceptors (Lipinski definition) is 1. The number of Topliss-reactive ketones (excluding diaryl/α,β-unsaturated/α-hetero) is 1. The van der Waals surface area contributed by atoms with E-state index in [-0.39, 0.29) is 20.7 Å². The van der Waals surface area contributed by atoms with Gasteiger partial charge < -0.3 is 0 Å². The Labute approximate surface area is 114 Å². The van der Waals surface area contributed by atoms with Crippen LogP contribution in [0.5, 0.6) is 0 Å². The van der Waals surface area contributed by atoms with Gasteiger partial charge >= 0.3 is 114 Å². The van der Waals surface area contributed by atoms with Crippen LogP contribution >= 0.6 is 0 Å². The van der Waals surface area contributed by atoms with Crippen LogP contribution in [-0.2, 0) is 0 Å². The molecule has 2 aromatic rings. The second kappa shape index (κ2) is 5.99. The molecule has 0 N–H and O–H groups in total. The zero-order chi connectivity index (χ0) is 13.0. The first kappa shape index (κ1) is 13.1. The zero-order valence-corrected chi connectivity index (χ0v) is 12.4. The molecular formula is C16H16OSe. The van der Waals surface area contributed by atoms with Gasteiger partial charge in [-0.2, -0.15) is 0 Å². The average Bonchev–Trinajstić information content (AvgIpc) is 2.36. The van der Waals surface area contributed by atoms with Crippen molar-refractivity contribution in [3.8, 4) is 0 Å². The first-order valence-electron chi connectivity index (χ1n) is 5.94. The van der Waals surface area contributed by atoms with Crippen molar-refractivity contribution in [3.05, 3.63) is 65.2 Å². The number of ketones is 1. The molecule has 0 atom stereocenters. The third-order valence-electron chi connectivity index (χ3n) is 2.66. The van der Waals surface area contributed by atoms with Crippen molar-refractivity contribution in [2.75, 3.05) is 0 Å². The van der Waals surface area contributed by atoms with E-state index < -0.39 is 0 Å². The molecule has 18 heavy (non-hydrogen) atoms. The molecule has 0 fully saturated rings. The van der Waals surface area contributed by atoms with Crippen LogP contribution in [0, 0.1) is 13.8 Å². The third-order valence-corrected chi connectivity index (χ3v) is 4.71. The minimum absolute atomic E-state index is 0.226. The van der Waals surface area contributed by atoms with Crippen LogP contribution in [0.2, 0.25) is 5.32 Å². The van der Waals surface area contributed by atoms with E-state index in [4.69, 9.17) is 0 Å². The summed E-state index contributed by atoms with van der Waals surface area (Å²) in [6, 6.07) is 16.1. The zero-order valence-electron chi connectivity index (χ0n) is 10.6. The molecule has 0 amide bonds. The molecule has 0 spiro atoms. The van der Waals surface area contributed by atoms with Crippen molar-refractivity contribution in [1.82, 2.24) is 0 Å². The molecule has 0 unspecified atom stereocenters. The molecule has 2 rings (SSSR count). The normalized spacial score (nSPS) is 10.3.